The van der Waals surface area contributed by atoms with Gasteiger partial charge in [0, 0.05) is 12.4 Å². The number of hydrogen-bond donors (Lipinski definition) is 2. The lowest BCUT2D eigenvalue weighted by Crippen LogP contribution is -1.70. The lowest BCUT2D eigenvalue weighted by molar-refractivity contribution is 0.456. The van der Waals surface area contributed by atoms with Crippen molar-refractivity contribution in [2.75, 3.05) is 0 Å². The Labute approximate surface area is 56.3 Å². The second-order valence-corrected chi connectivity index (χ2v) is 1.96. The first-order chi connectivity index (χ1) is 4.92. The average molecular weight is 135 g/mol. The van der Waals surface area contributed by atoms with Gasteiger partial charge >= 0.3 is 0 Å². The van der Waals surface area contributed by atoms with Crippen molar-refractivity contribution in [3.63, 3.8) is 0 Å². The number of fused-ring (bicyclic) bond motifs is 1. The molecule has 0 aliphatic heterocycles. The summed E-state index contributed by atoms with van der Waals surface area (Å²) in [4.78, 5) is 2.91. The summed E-state index contributed by atoms with van der Waals surface area (Å²) in [6.45, 7) is 0. The zero-order valence-electron chi connectivity index (χ0n) is 5.09. The van der Waals surface area contributed by atoms with E-state index in [9.17, 15) is 0 Å². The molecule has 10 heavy (non-hydrogen) atoms. The van der Waals surface area contributed by atoms with E-state index in [1.165, 1.54) is 6.21 Å². The van der Waals surface area contributed by atoms with Crippen LogP contribution in [0.5, 0.6) is 0 Å². The van der Waals surface area contributed by atoms with Crippen LogP contribution in [0.3, 0.4) is 0 Å². The Balaban J connectivity index is 2.88. The molecule has 2 rings (SSSR count). The smallest absolute Gasteiger partial charge is 0.193 e. The molecule has 2 aromatic heterocycles. The predicted molar refractivity (Wildman–Crippen MR) is 36.2 cm³/mol. The third kappa shape index (κ3) is 0.500. The molecule has 0 aliphatic carbocycles. The van der Waals surface area contributed by atoms with Crippen molar-refractivity contribution >= 4 is 17.3 Å². The Morgan fingerprint density at radius 1 is 1.70 bits per heavy atom. The van der Waals surface area contributed by atoms with Gasteiger partial charge in [-0.2, -0.15) is 0 Å². The average Bonchev–Trinajstić information content (AvgIpc) is 2.44. The molecule has 0 aromatic carbocycles. The Morgan fingerprint density at radius 3 is 3.40 bits per heavy atom. The summed E-state index contributed by atoms with van der Waals surface area (Å²) in [6.07, 6.45) is 4.52. The van der Waals surface area contributed by atoms with Crippen LogP contribution in [0.15, 0.2) is 16.9 Å². The van der Waals surface area contributed by atoms with Gasteiger partial charge in [-0.1, -0.05) is 5.16 Å². The van der Waals surface area contributed by atoms with Gasteiger partial charge in [-0.15, -0.1) is 0 Å². The maximum Gasteiger partial charge on any atom is 0.193 e. The molecule has 0 unspecified atom stereocenters. The van der Waals surface area contributed by atoms with Gasteiger partial charge in [0.25, 0.3) is 0 Å². The van der Waals surface area contributed by atoms with Crippen molar-refractivity contribution in [1.29, 1.82) is 5.41 Å². The van der Waals surface area contributed by atoms with Crippen LogP contribution in [-0.2, 0) is 0 Å². The van der Waals surface area contributed by atoms with Gasteiger partial charge in [0.1, 0.15) is 5.52 Å². The van der Waals surface area contributed by atoms with Crippen molar-refractivity contribution in [1.82, 2.24) is 10.1 Å². The monoisotopic (exact) mass is 135 g/mol. The minimum atomic E-state index is 0.648. The van der Waals surface area contributed by atoms with Gasteiger partial charge in [-0.3, -0.25) is 0 Å². The van der Waals surface area contributed by atoms with E-state index in [-0.39, 0.29) is 0 Å². The van der Waals surface area contributed by atoms with E-state index in [1.807, 2.05) is 0 Å². The third-order valence-corrected chi connectivity index (χ3v) is 1.37. The standard InChI is InChI=1S/C6H5N3O/c7-1-4-2-8-5-3-9-10-6(4)5/h1-3,7-8H. The summed E-state index contributed by atoms with van der Waals surface area (Å²) in [5.41, 5.74) is 2.21. The molecule has 4 heteroatoms. The largest absolute Gasteiger partial charge is 0.356 e. The van der Waals surface area contributed by atoms with Crippen molar-refractivity contribution in [3.05, 3.63) is 18.0 Å². The van der Waals surface area contributed by atoms with Crippen LogP contribution in [0, 0.1) is 5.41 Å². The molecular formula is C6H5N3O. The van der Waals surface area contributed by atoms with Gasteiger partial charge in [0.15, 0.2) is 5.58 Å². The first kappa shape index (κ1) is 5.22. The molecule has 0 amide bonds. The number of aromatic amines is 1. The van der Waals surface area contributed by atoms with Crippen molar-refractivity contribution in [2.24, 2.45) is 0 Å². The molecule has 0 atom stereocenters. The summed E-state index contributed by atoms with van der Waals surface area (Å²) in [7, 11) is 0. The van der Waals surface area contributed by atoms with Crippen LogP contribution >= 0.6 is 0 Å². The Hall–Kier alpha value is -1.58. The Morgan fingerprint density at radius 2 is 2.60 bits per heavy atom. The summed E-state index contributed by atoms with van der Waals surface area (Å²) >= 11 is 0. The zero-order chi connectivity index (χ0) is 6.97. The second-order valence-electron chi connectivity index (χ2n) is 1.96. The zero-order valence-corrected chi connectivity index (χ0v) is 5.09. The summed E-state index contributed by atoms with van der Waals surface area (Å²) in [6, 6.07) is 0. The van der Waals surface area contributed by atoms with E-state index in [2.05, 4.69) is 10.1 Å². The molecule has 0 bridgehead atoms. The Kier molecular flexibility index (Phi) is 0.887. The molecule has 0 spiro atoms. The summed E-state index contributed by atoms with van der Waals surface area (Å²) < 4.78 is 4.85. The number of nitrogens with one attached hydrogen (secondary N) is 2. The fourth-order valence-electron chi connectivity index (χ4n) is 0.879. The molecule has 2 heterocycles. The lowest BCUT2D eigenvalue weighted by atomic mass is 10.3. The maximum atomic E-state index is 6.95. The number of rotatable bonds is 1. The van der Waals surface area contributed by atoms with E-state index < -0.39 is 0 Å². The molecule has 0 saturated carbocycles. The first-order valence-electron chi connectivity index (χ1n) is 2.84. The van der Waals surface area contributed by atoms with Crippen LogP contribution < -0.4 is 0 Å². The van der Waals surface area contributed by atoms with Crippen LogP contribution in [0.25, 0.3) is 11.1 Å². The fraction of sp³-hybridized carbons (Fsp3) is 0. The normalized spacial score (nSPS) is 10.4. The van der Waals surface area contributed by atoms with E-state index in [0.717, 1.165) is 11.1 Å². The molecule has 0 aliphatic rings. The molecule has 50 valence electrons. The van der Waals surface area contributed by atoms with Crippen molar-refractivity contribution in [3.8, 4) is 0 Å². The highest BCUT2D eigenvalue weighted by Crippen LogP contribution is 2.14. The van der Waals surface area contributed by atoms with E-state index >= 15 is 0 Å². The summed E-state index contributed by atoms with van der Waals surface area (Å²) in [5, 5.41) is 10.5. The summed E-state index contributed by atoms with van der Waals surface area (Å²) in [5.74, 6) is 0. The van der Waals surface area contributed by atoms with Gasteiger partial charge in [0.2, 0.25) is 0 Å². The number of aromatic nitrogens is 2. The number of H-pyrrole nitrogens is 1. The molecule has 0 radical (unpaired) electrons. The van der Waals surface area contributed by atoms with Crippen LogP contribution in [0.4, 0.5) is 0 Å². The van der Waals surface area contributed by atoms with Gasteiger partial charge < -0.3 is 14.9 Å². The molecule has 4 nitrogen and oxygen atoms in total. The topological polar surface area (TPSA) is 65.7 Å². The molecule has 2 N–H and O–H groups in total. The predicted octanol–water partition coefficient (Wildman–Crippen LogP) is 1.15. The highest BCUT2D eigenvalue weighted by atomic mass is 16.5. The fourth-order valence-corrected chi connectivity index (χ4v) is 0.879. The third-order valence-electron chi connectivity index (χ3n) is 1.37. The quantitative estimate of drug-likeness (QED) is 0.576. The first-order valence-corrected chi connectivity index (χ1v) is 2.84. The van der Waals surface area contributed by atoms with Crippen molar-refractivity contribution < 1.29 is 4.52 Å². The van der Waals surface area contributed by atoms with Crippen LogP contribution in [0.2, 0.25) is 0 Å². The van der Waals surface area contributed by atoms with E-state index in [4.69, 9.17) is 9.93 Å². The van der Waals surface area contributed by atoms with Gasteiger partial charge in [0.05, 0.1) is 11.8 Å². The second kappa shape index (κ2) is 1.70. The lowest BCUT2D eigenvalue weighted by Gasteiger charge is -1.75. The Bertz CT molecular complexity index is 360. The van der Waals surface area contributed by atoms with Crippen LogP contribution in [-0.4, -0.2) is 16.4 Å². The highest BCUT2D eigenvalue weighted by molar-refractivity contribution is 5.93. The minimum Gasteiger partial charge on any atom is -0.356 e. The molecular weight excluding hydrogens is 130 g/mol. The number of hydrogen-bond acceptors (Lipinski definition) is 3. The van der Waals surface area contributed by atoms with Crippen molar-refractivity contribution in [2.45, 2.75) is 0 Å². The maximum absolute atomic E-state index is 6.95. The van der Waals surface area contributed by atoms with Gasteiger partial charge in [-0.05, 0) is 0 Å². The SMILES string of the molecule is N=Cc1c[nH]c2cnoc12. The highest BCUT2D eigenvalue weighted by Gasteiger charge is 2.03. The van der Waals surface area contributed by atoms with E-state index in [1.54, 1.807) is 12.4 Å². The minimum absolute atomic E-state index is 0.648. The molecule has 0 saturated heterocycles. The molecule has 0 fully saturated rings. The van der Waals surface area contributed by atoms with Gasteiger partial charge in [-0.25, -0.2) is 0 Å². The number of nitrogens with zero attached hydrogens (tertiary/aromatic N) is 1. The molecule has 2 aromatic rings. The van der Waals surface area contributed by atoms with Crippen LogP contribution in [0.1, 0.15) is 5.56 Å². The van der Waals surface area contributed by atoms with E-state index in [0.29, 0.717) is 5.58 Å².